The van der Waals surface area contributed by atoms with E-state index in [0.29, 0.717) is 17.1 Å². The Kier molecular flexibility index (Phi) is 5.70. The molecule has 168 valence electrons. The number of carbonyl (C=O) groups excluding carboxylic acids is 1. The summed E-state index contributed by atoms with van der Waals surface area (Å²) in [4.78, 5) is 41.4. The number of hydrogen-bond donors (Lipinski definition) is 0. The molecule has 0 atom stereocenters. The molecule has 4 rings (SSSR count). The van der Waals surface area contributed by atoms with Gasteiger partial charge in [0.15, 0.2) is 28.4 Å². The summed E-state index contributed by atoms with van der Waals surface area (Å²) in [5, 5.41) is 0. The number of benzene rings is 2. The average molecular weight is 446 g/mol. The van der Waals surface area contributed by atoms with Gasteiger partial charge in [0.2, 0.25) is 0 Å². The van der Waals surface area contributed by atoms with Gasteiger partial charge in [0.1, 0.15) is 0 Å². The fourth-order valence-electron chi connectivity index (χ4n) is 3.43. The van der Waals surface area contributed by atoms with Crippen molar-refractivity contribution >= 4 is 23.0 Å². The fourth-order valence-corrected chi connectivity index (χ4v) is 3.43. The third-order valence-electron chi connectivity index (χ3n) is 5.31. The molecule has 0 unspecified atom stereocenters. The molecule has 9 heteroatoms. The third kappa shape index (κ3) is 3.96. The Balaban J connectivity index is 1.66. The van der Waals surface area contributed by atoms with Crippen molar-refractivity contribution in [2.24, 2.45) is 21.1 Å². The van der Waals surface area contributed by atoms with Crippen molar-refractivity contribution in [2.45, 2.75) is 0 Å². The number of carbonyl (C=O) groups is 1. The molecule has 2 aromatic heterocycles. The number of nitrogens with zero attached hydrogens (tertiary/aromatic N) is 4. The van der Waals surface area contributed by atoms with E-state index in [9.17, 15) is 14.4 Å². The van der Waals surface area contributed by atoms with Gasteiger partial charge in [0, 0.05) is 26.7 Å². The van der Waals surface area contributed by atoms with Crippen molar-refractivity contribution in [3.8, 4) is 17.5 Å². The van der Waals surface area contributed by atoms with Crippen molar-refractivity contribution in [3.05, 3.63) is 86.6 Å². The molecule has 0 fully saturated rings. The molecule has 4 aromatic rings. The molecule has 33 heavy (non-hydrogen) atoms. The lowest BCUT2D eigenvalue weighted by molar-refractivity contribution is 0.104. The van der Waals surface area contributed by atoms with Gasteiger partial charge < -0.3 is 9.47 Å². The van der Waals surface area contributed by atoms with E-state index in [2.05, 4.69) is 4.98 Å². The second-order valence-corrected chi connectivity index (χ2v) is 7.41. The summed E-state index contributed by atoms with van der Waals surface area (Å²) in [7, 11) is 6.09. The summed E-state index contributed by atoms with van der Waals surface area (Å²) in [6.07, 6.45) is 3.18. The molecule has 2 heterocycles. The van der Waals surface area contributed by atoms with Crippen LogP contribution in [0, 0.1) is 0 Å². The van der Waals surface area contributed by atoms with Crippen LogP contribution in [-0.2, 0) is 21.1 Å². The van der Waals surface area contributed by atoms with Crippen LogP contribution in [0.2, 0.25) is 0 Å². The van der Waals surface area contributed by atoms with Crippen LogP contribution in [-0.4, -0.2) is 31.6 Å². The summed E-state index contributed by atoms with van der Waals surface area (Å²) in [5.74, 6) is 0.671. The largest absolute Gasteiger partial charge is 0.493 e. The van der Waals surface area contributed by atoms with E-state index in [4.69, 9.17) is 9.47 Å². The number of ether oxygens (including phenoxy) is 2. The van der Waals surface area contributed by atoms with Crippen molar-refractivity contribution < 1.29 is 14.3 Å². The molecule has 0 spiro atoms. The van der Waals surface area contributed by atoms with Crippen LogP contribution in [0.25, 0.3) is 17.2 Å². The monoisotopic (exact) mass is 446 g/mol. The SMILES string of the molecule is COc1cc(/C=C/C(=O)c2ccccc2)ccc1Oc1nc2c(c(=O)n(C)c(=O)n2C)n1C. The predicted octanol–water partition coefficient (Wildman–Crippen LogP) is 2.67. The van der Waals surface area contributed by atoms with Gasteiger partial charge in [-0.05, 0) is 23.8 Å². The summed E-state index contributed by atoms with van der Waals surface area (Å²) in [6.45, 7) is 0. The van der Waals surface area contributed by atoms with Gasteiger partial charge in [-0.25, -0.2) is 4.79 Å². The van der Waals surface area contributed by atoms with Gasteiger partial charge in [0.25, 0.3) is 5.56 Å². The maximum absolute atomic E-state index is 12.6. The Morgan fingerprint density at radius 3 is 2.36 bits per heavy atom. The van der Waals surface area contributed by atoms with Gasteiger partial charge >= 0.3 is 11.7 Å². The van der Waals surface area contributed by atoms with Crippen molar-refractivity contribution in [2.75, 3.05) is 7.11 Å². The standard InChI is InChI=1S/C24H22N4O5/c1-26-20-21(27(2)24(31)28(3)22(20)30)25-23(26)33-18-13-11-15(14-19(18)32-4)10-12-17(29)16-8-6-5-7-9-16/h5-14H,1-4H3/b12-10+. The first-order valence-corrected chi connectivity index (χ1v) is 10.1. The number of methoxy groups -OCH3 is 1. The van der Waals surface area contributed by atoms with E-state index >= 15 is 0 Å². The number of ketones is 1. The van der Waals surface area contributed by atoms with Crippen molar-refractivity contribution in [1.82, 2.24) is 18.7 Å². The van der Waals surface area contributed by atoms with Crippen LogP contribution in [0.1, 0.15) is 15.9 Å². The topological polar surface area (TPSA) is 97.4 Å². The number of rotatable bonds is 6. The molecule has 2 aromatic carbocycles. The van der Waals surface area contributed by atoms with E-state index in [1.165, 1.54) is 29.4 Å². The Labute approximate surface area is 188 Å². The molecule has 0 saturated heterocycles. The zero-order valence-corrected chi connectivity index (χ0v) is 18.6. The molecule has 0 saturated carbocycles. The van der Waals surface area contributed by atoms with Crippen LogP contribution in [0.15, 0.2) is 64.2 Å². The average Bonchev–Trinajstić information content (AvgIpc) is 3.16. The number of fused-ring (bicyclic) bond motifs is 1. The third-order valence-corrected chi connectivity index (χ3v) is 5.31. The highest BCUT2D eigenvalue weighted by Crippen LogP contribution is 2.33. The van der Waals surface area contributed by atoms with Gasteiger partial charge in [-0.2, -0.15) is 4.98 Å². The minimum Gasteiger partial charge on any atom is -0.493 e. The fraction of sp³-hybridized carbons (Fsp3) is 0.167. The number of aromatic nitrogens is 4. The number of aryl methyl sites for hydroxylation is 2. The second-order valence-electron chi connectivity index (χ2n) is 7.41. The van der Waals surface area contributed by atoms with Crippen molar-refractivity contribution in [3.63, 3.8) is 0 Å². The Hall–Kier alpha value is -4.40. The van der Waals surface area contributed by atoms with Gasteiger partial charge in [-0.1, -0.05) is 42.5 Å². The first kappa shape index (κ1) is 21.8. The lowest BCUT2D eigenvalue weighted by Crippen LogP contribution is -2.37. The smallest absolute Gasteiger partial charge is 0.332 e. The molecule has 0 radical (unpaired) electrons. The van der Waals surface area contributed by atoms with Crippen molar-refractivity contribution in [1.29, 1.82) is 0 Å². The van der Waals surface area contributed by atoms with Crippen LogP contribution in [0.4, 0.5) is 0 Å². The Morgan fingerprint density at radius 1 is 0.939 bits per heavy atom. The highest BCUT2D eigenvalue weighted by atomic mass is 16.5. The molecule has 9 nitrogen and oxygen atoms in total. The predicted molar refractivity (Wildman–Crippen MR) is 124 cm³/mol. The van der Waals surface area contributed by atoms with Gasteiger partial charge in [-0.3, -0.25) is 23.3 Å². The van der Waals surface area contributed by atoms with Gasteiger partial charge in [0.05, 0.1) is 7.11 Å². The summed E-state index contributed by atoms with van der Waals surface area (Å²) < 4.78 is 15.2. The van der Waals surface area contributed by atoms with E-state index < -0.39 is 11.2 Å². The number of allylic oxidation sites excluding steroid dienone is 1. The molecule has 0 amide bonds. The van der Waals surface area contributed by atoms with Crippen LogP contribution < -0.4 is 20.7 Å². The highest BCUT2D eigenvalue weighted by molar-refractivity contribution is 6.06. The normalized spacial score (nSPS) is 11.3. The van der Waals surface area contributed by atoms with Crippen LogP contribution in [0.3, 0.4) is 0 Å². The summed E-state index contributed by atoms with van der Waals surface area (Å²) in [5.41, 5.74) is 0.864. The molecule has 0 aliphatic heterocycles. The minimum absolute atomic E-state index is 0.109. The molecule has 0 aliphatic rings. The van der Waals surface area contributed by atoms with E-state index in [-0.39, 0.29) is 23.0 Å². The minimum atomic E-state index is -0.476. The quantitative estimate of drug-likeness (QED) is 0.334. The Bertz CT molecular complexity index is 1510. The number of hydrogen-bond acceptors (Lipinski definition) is 6. The van der Waals surface area contributed by atoms with Gasteiger partial charge in [-0.15, -0.1) is 0 Å². The maximum atomic E-state index is 12.6. The highest BCUT2D eigenvalue weighted by Gasteiger charge is 2.19. The van der Waals surface area contributed by atoms with Crippen LogP contribution in [0.5, 0.6) is 17.5 Å². The van der Waals surface area contributed by atoms with E-state index in [1.54, 1.807) is 50.5 Å². The number of imidazole rings is 1. The van der Waals surface area contributed by atoms with E-state index in [0.717, 1.165) is 10.1 Å². The second kappa shape index (κ2) is 8.62. The molecular formula is C24H22N4O5. The Morgan fingerprint density at radius 2 is 1.67 bits per heavy atom. The zero-order valence-electron chi connectivity index (χ0n) is 18.6. The summed E-state index contributed by atoms with van der Waals surface area (Å²) in [6, 6.07) is 14.3. The molecule has 0 aliphatic carbocycles. The summed E-state index contributed by atoms with van der Waals surface area (Å²) >= 11 is 0. The molecule has 0 bridgehead atoms. The lowest BCUT2D eigenvalue weighted by atomic mass is 10.1. The molecule has 0 N–H and O–H groups in total. The first-order valence-electron chi connectivity index (χ1n) is 10.1. The lowest BCUT2D eigenvalue weighted by Gasteiger charge is -2.10. The zero-order chi connectivity index (χ0) is 23.7. The maximum Gasteiger partial charge on any atom is 0.332 e. The first-order chi connectivity index (χ1) is 15.8. The van der Waals surface area contributed by atoms with Crippen LogP contribution >= 0.6 is 0 Å². The van der Waals surface area contributed by atoms with E-state index in [1.807, 2.05) is 18.2 Å². The molecular weight excluding hydrogens is 424 g/mol.